The van der Waals surface area contributed by atoms with Gasteiger partial charge in [0.15, 0.2) is 0 Å². The number of unbranched alkanes of at least 4 members (excludes halogenated alkanes) is 3. The van der Waals surface area contributed by atoms with Gasteiger partial charge in [-0.15, -0.1) is 16.9 Å². The standard InChI is InChI=1S/C48H72N9O12PS/c1-3-38(49)36-54(50)20-23-64-25-27-66-29-31-68-32-30-67-28-26-65-24-21-57-47-39-13-7-6-12-37(39)35-56(41-15-9-8-14-40(41)46(47)52-53-57)44(59)16-18-51-43(58)17-19-55-45(60)34-42(48(55)61)71-33-11-5-4-10-22-69-70(62)63-2/h6-9,12-15,36,42,62H,3-5,10-11,16-35,49-50H2,1-2H3,(H,51,58)/b38-36-. The van der Waals surface area contributed by atoms with E-state index in [1.807, 2.05) is 60.1 Å². The number of hydrogen-bond donors (Lipinski definition) is 4. The third kappa shape index (κ3) is 19.4. The highest BCUT2D eigenvalue weighted by Crippen LogP contribution is 2.41. The highest BCUT2D eigenvalue weighted by molar-refractivity contribution is 8.00. The van der Waals surface area contributed by atoms with E-state index >= 15 is 0 Å². The first kappa shape index (κ1) is 57.3. The predicted molar refractivity (Wildman–Crippen MR) is 270 cm³/mol. The second-order valence-corrected chi connectivity index (χ2v) is 18.9. The Bertz CT molecular complexity index is 2140. The molecule has 0 radical (unpaired) electrons. The van der Waals surface area contributed by atoms with Gasteiger partial charge in [0.25, 0.3) is 0 Å². The summed E-state index contributed by atoms with van der Waals surface area (Å²) in [7, 11) is -0.414. The highest BCUT2D eigenvalue weighted by atomic mass is 32.2. The summed E-state index contributed by atoms with van der Waals surface area (Å²) in [4.78, 5) is 64.9. The minimum absolute atomic E-state index is 0.0129. The Morgan fingerprint density at radius 2 is 1.51 bits per heavy atom. The van der Waals surface area contributed by atoms with Crippen LogP contribution in [0.1, 0.15) is 63.9 Å². The molecule has 0 bridgehead atoms. The zero-order chi connectivity index (χ0) is 50.6. The lowest BCUT2D eigenvalue weighted by Crippen LogP contribution is -2.37. The van der Waals surface area contributed by atoms with Gasteiger partial charge < -0.3 is 58.6 Å². The number of aromatic nitrogens is 3. The van der Waals surface area contributed by atoms with E-state index in [0.29, 0.717) is 97.1 Å². The van der Waals surface area contributed by atoms with Crippen molar-refractivity contribution in [2.45, 2.75) is 76.6 Å². The van der Waals surface area contributed by atoms with Gasteiger partial charge in [-0.1, -0.05) is 67.4 Å². The molecule has 23 heteroatoms. The summed E-state index contributed by atoms with van der Waals surface area (Å²) in [6.45, 7) is 8.04. The molecule has 3 heterocycles. The fourth-order valence-electron chi connectivity index (χ4n) is 7.61. The Balaban J connectivity index is 0.990. The van der Waals surface area contributed by atoms with E-state index in [-0.39, 0.29) is 62.5 Å². The number of nitrogens with two attached hydrogens (primary N) is 2. The van der Waals surface area contributed by atoms with Crippen LogP contribution in [-0.4, -0.2) is 164 Å². The van der Waals surface area contributed by atoms with Crippen molar-refractivity contribution in [3.63, 3.8) is 0 Å². The van der Waals surface area contributed by atoms with Gasteiger partial charge in [-0.3, -0.25) is 24.1 Å². The predicted octanol–water partition coefficient (Wildman–Crippen LogP) is 4.13. The Morgan fingerprint density at radius 1 is 0.859 bits per heavy atom. The van der Waals surface area contributed by atoms with E-state index in [2.05, 4.69) is 15.6 Å². The summed E-state index contributed by atoms with van der Waals surface area (Å²) in [5.41, 5.74) is 11.2. The van der Waals surface area contributed by atoms with Crippen molar-refractivity contribution in [1.29, 1.82) is 0 Å². The molecule has 2 aromatic carbocycles. The molecule has 2 aliphatic rings. The van der Waals surface area contributed by atoms with Gasteiger partial charge in [0.2, 0.25) is 23.6 Å². The summed E-state index contributed by atoms with van der Waals surface area (Å²) in [6, 6.07) is 15.4. The minimum atomic E-state index is -1.81. The van der Waals surface area contributed by atoms with Crippen LogP contribution < -0.4 is 21.8 Å². The lowest BCUT2D eigenvalue weighted by molar-refractivity contribution is -0.138. The monoisotopic (exact) mass is 1030 g/mol. The van der Waals surface area contributed by atoms with E-state index in [9.17, 15) is 24.1 Å². The number of thioether (sulfide) groups is 1. The molecule has 21 nitrogen and oxygen atoms in total. The van der Waals surface area contributed by atoms with Crippen LogP contribution in [0.4, 0.5) is 5.69 Å². The summed E-state index contributed by atoms with van der Waals surface area (Å²) in [5, 5.41) is 13.0. The lowest BCUT2D eigenvalue weighted by Gasteiger charge is -2.28. The molecule has 4 amide bonds. The second kappa shape index (κ2) is 32.5. The average Bonchev–Trinajstić information content (AvgIpc) is 3.91. The summed E-state index contributed by atoms with van der Waals surface area (Å²) >= 11 is 1.47. The number of rotatable bonds is 36. The zero-order valence-electron chi connectivity index (χ0n) is 41.1. The number of para-hydroxylation sites is 1. The van der Waals surface area contributed by atoms with E-state index < -0.39 is 13.9 Å². The number of hydrazine groups is 1. The smallest absolute Gasteiger partial charge is 0.329 e. The SMILES string of the molecule is CC/C(N)=C/N(N)CCOCCOCCOCCOCCOCCn1nnc2c1-c1ccccc1CN(C(=O)CCNC(=O)CCN1C(=O)CC(SCCCCCCOP(O)OC)C1=O)c1ccccc1-2. The summed E-state index contributed by atoms with van der Waals surface area (Å²) in [6.07, 6.45) is 6.07. The van der Waals surface area contributed by atoms with Crippen LogP contribution in [0.25, 0.3) is 22.5 Å². The molecular formula is C48H72N9O12PS. The van der Waals surface area contributed by atoms with Crippen LogP contribution in [-0.2, 0) is 65.0 Å². The molecule has 5 rings (SSSR count). The van der Waals surface area contributed by atoms with E-state index in [0.717, 1.165) is 65.9 Å². The van der Waals surface area contributed by atoms with Crippen molar-refractivity contribution < 1.29 is 56.8 Å². The zero-order valence-corrected chi connectivity index (χ0v) is 42.8. The number of ether oxygens (including phenoxy) is 5. The molecule has 0 spiro atoms. The number of anilines is 1. The number of allylic oxidation sites excluding steroid dienone is 1. The quantitative estimate of drug-likeness (QED) is 0.0210. The van der Waals surface area contributed by atoms with Crippen LogP contribution in [0.5, 0.6) is 0 Å². The first-order valence-electron chi connectivity index (χ1n) is 24.3. The molecule has 3 aromatic rings. The van der Waals surface area contributed by atoms with Crippen LogP contribution in [0, 0.1) is 0 Å². The number of nitrogens with zero attached hydrogens (tertiary/aromatic N) is 6. The molecule has 0 saturated carbocycles. The van der Waals surface area contributed by atoms with Crippen molar-refractivity contribution in [2.75, 3.05) is 110 Å². The van der Waals surface area contributed by atoms with Crippen molar-refractivity contribution in [3.8, 4) is 22.5 Å². The average molecular weight is 1030 g/mol. The Kier molecular flexibility index (Phi) is 26.2. The molecule has 1 fully saturated rings. The first-order valence-corrected chi connectivity index (χ1v) is 26.4. The highest BCUT2D eigenvalue weighted by Gasteiger charge is 2.38. The molecule has 2 aliphatic heterocycles. The number of hydrogen-bond acceptors (Lipinski definition) is 18. The number of carbonyl (C=O) groups is 4. The van der Waals surface area contributed by atoms with Crippen LogP contribution >= 0.6 is 20.4 Å². The van der Waals surface area contributed by atoms with Crippen molar-refractivity contribution in [2.24, 2.45) is 11.6 Å². The number of amides is 4. The number of benzene rings is 2. The maximum Gasteiger partial charge on any atom is 0.329 e. The number of carbonyl (C=O) groups excluding carboxylic acids is 4. The van der Waals surface area contributed by atoms with Gasteiger partial charge in [0.1, 0.15) is 5.69 Å². The van der Waals surface area contributed by atoms with Gasteiger partial charge in [0, 0.05) is 62.5 Å². The van der Waals surface area contributed by atoms with E-state index in [1.165, 1.54) is 28.8 Å². The number of imide groups is 1. The van der Waals surface area contributed by atoms with Crippen molar-refractivity contribution in [1.82, 2.24) is 30.2 Å². The summed E-state index contributed by atoms with van der Waals surface area (Å²) in [5.74, 6) is 5.48. The third-order valence-electron chi connectivity index (χ3n) is 11.4. The van der Waals surface area contributed by atoms with Gasteiger partial charge in [-0.05, 0) is 36.6 Å². The van der Waals surface area contributed by atoms with Gasteiger partial charge in [-0.2, -0.15) is 0 Å². The van der Waals surface area contributed by atoms with Crippen molar-refractivity contribution >= 4 is 49.7 Å². The topological polar surface area (TPSA) is 258 Å². The number of fused-ring (bicyclic) bond motifs is 5. The Labute approximate surface area is 422 Å². The van der Waals surface area contributed by atoms with E-state index in [1.54, 1.807) is 11.1 Å². The maximum atomic E-state index is 14.0. The molecule has 71 heavy (non-hydrogen) atoms. The normalized spacial score (nSPS) is 15.0. The summed E-state index contributed by atoms with van der Waals surface area (Å²) < 4.78 is 39.9. The van der Waals surface area contributed by atoms with Crippen molar-refractivity contribution in [3.05, 3.63) is 66.0 Å². The van der Waals surface area contributed by atoms with Gasteiger partial charge >= 0.3 is 8.60 Å². The van der Waals surface area contributed by atoms with Crippen LogP contribution in [0.3, 0.4) is 0 Å². The fraction of sp³-hybridized carbons (Fsp3) is 0.583. The molecule has 1 saturated heterocycles. The van der Waals surface area contributed by atoms with E-state index in [4.69, 9.17) is 44.3 Å². The number of likely N-dealkylation sites (tertiary alicyclic amines) is 1. The molecule has 392 valence electrons. The lowest BCUT2D eigenvalue weighted by atomic mass is 9.95. The molecule has 0 aliphatic carbocycles. The second-order valence-electron chi connectivity index (χ2n) is 16.5. The molecular weight excluding hydrogens is 958 g/mol. The van der Waals surface area contributed by atoms with Gasteiger partial charge in [-0.25, -0.2) is 10.5 Å². The first-order chi connectivity index (χ1) is 34.6. The Morgan fingerprint density at radius 3 is 2.21 bits per heavy atom. The molecule has 6 N–H and O–H groups in total. The minimum Gasteiger partial charge on any atom is -0.401 e. The molecule has 2 atom stereocenters. The third-order valence-corrected chi connectivity index (χ3v) is 13.4. The largest absolute Gasteiger partial charge is 0.401 e. The van der Waals surface area contributed by atoms with Crippen LogP contribution in [0.2, 0.25) is 0 Å². The van der Waals surface area contributed by atoms with Gasteiger partial charge in [0.05, 0.1) is 109 Å². The van der Waals surface area contributed by atoms with Crippen LogP contribution in [0.15, 0.2) is 60.4 Å². The Hall–Kier alpha value is -4.58. The number of nitrogens with one attached hydrogen (secondary N) is 1. The maximum absolute atomic E-state index is 14.0. The molecule has 2 unspecified atom stereocenters. The molecule has 1 aromatic heterocycles. The fourth-order valence-corrected chi connectivity index (χ4v) is 9.18.